The van der Waals surface area contributed by atoms with Gasteiger partial charge >= 0.3 is 5.97 Å². The fraction of sp³-hybridized carbons (Fsp3) is 0.911. The van der Waals surface area contributed by atoms with Crippen LogP contribution in [0.4, 0.5) is 0 Å². The smallest absolute Gasteiger partial charge is 0.306 e. The second-order valence-electron chi connectivity index (χ2n) is 20.1. The van der Waals surface area contributed by atoms with Crippen LogP contribution < -0.4 is 0 Å². The van der Waals surface area contributed by atoms with E-state index in [9.17, 15) is 40.5 Å². The zero-order valence-electron chi connectivity index (χ0n) is 44.0. The third-order valence-corrected chi connectivity index (χ3v) is 13.7. The fourth-order valence-corrected chi connectivity index (χ4v) is 9.08. The van der Waals surface area contributed by atoms with Crippen LogP contribution in [0, 0.1) is 0 Å². The first-order valence-electron chi connectivity index (χ1n) is 28.4. The van der Waals surface area contributed by atoms with E-state index in [0.717, 1.165) is 64.2 Å². The van der Waals surface area contributed by atoms with Gasteiger partial charge in [-0.05, 0) is 44.9 Å². The summed E-state index contributed by atoms with van der Waals surface area (Å²) in [5, 5.41) is 72.2. The molecule has 2 aliphatic heterocycles. The molecule has 14 nitrogen and oxygen atoms in total. The Morgan fingerprint density at radius 1 is 0.471 bits per heavy atom. The van der Waals surface area contributed by atoms with Crippen molar-refractivity contribution in [2.75, 3.05) is 33.0 Å². The van der Waals surface area contributed by atoms with Crippen molar-refractivity contribution in [2.45, 2.75) is 293 Å². The highest BCUT2D eigenvalue weighted by atomic mass is 16.7. The lowest BCUT2D eigenvalue weighted by molar-refractivity contribution is -0.332. The minimum absolute atomic E-state index is 0.0603. The minimum atomic E-state index is -1.71. The summed E-state index contributed by atoms with van der Waals surface area (Å²) in [7, 11) is 0. The summed E-state index contributed by atoms with van der Waals surface area (Å²) in [4.78, 5) is 13.0. The molecule has 2 fully saturated rings. The molecule has 0 spiro atoms. The van der Waals surface area contributed by atoms with E-state index in [4.69, 9.17) is 28.4 Å². The summed E-state index contributed by atoms with van der Waals surface area (Å²) < 4.78 is 34.4. The van der Waals surface area contributed by atoms with Crippen LogP contribution in [-0.2, 0) is 33.2 Å². The summed E-state index contributed by atoms with van der Waals surface area (Å²) in [6, 6.07) is 0. The number of esters is 1. The Morgan fingerprint density at radius 2 is 0.886 bits per heavy atom. The maximum Gasteiger partial charge on any atom is 0.306 e. The van der Waals surface area contributed by atoms with E-state index in [-0.39, 0.29) is 25.6 Å². The fourth-order valence-electron chi connectivity index (χ4n) is 9.08. The number of allylic oxidation sites excluding steroid dienone is 4. The van der Waals surface area contributed by atoms with E-state index in [1.165, 1.54) is 135 Å². The first kappa shape index (κ1) is 64.6. The third kappa shape index (κ3) is 30.6. The molecule has 2 rings (SSSR count). The lowest BCUT2D eigenvalue weighted by atomic mass is 9.98. The predicted molar refractivity (Wildman–Crippen MR) is 275 cm³/mol. The van der Waals surface area contributed by atoms with Crippen molar-refractivity contribution in [3.05, 3.63) is 24.3 Å². The predicted octanol–water partition coefficient (Wildman–Crippen LogP) is 9.58. The molecule has 412 valence electrons. The van der Waals surface area contributed by atoms with Crippen LogP contribution in [0.15, 0.2) is 24.3 Å². The summed E-state index contributed by atoms with van der Waals surface area (Å²) in [6.07, 6.45) is 32.4. The van der Waals surface area contributed by atoms with Gasteiger partial charge in [0.05, 0.1) is 26.4 Å². The number of aliphatic hydroxyl groups is 7. The molecule has 0 aromatic rings. The molecule has 0 aliphatic carbocycles. The topological polar surface area (TPSA) is 214 Å². The molecule has 0 bridgehead atoms. The lowest BCUT2D eigenvalue weighted by Crippen LogP contribution is -2.61. The van der Waals surface area contributed by atoms with Gasteiger partial charge in [-0.25, -0.2) is 0 Å². The SMILES string of the molecule is CCCCC/C=C\C/C=C\CCCCCCCC(=O)OC(COCCCCCCCCCCCCCCCCCCCCCCC)COC1OC(COC2OC(CO)C(O)C(O)C2O)C(O)C(O)C1O. The van der Waals surface area contributed by atoms with Crippen molar-refractivity contribution in [1.82, 2.24) is 0 Å². The van der Waals surface area contributed by atoms with E-state index in [2.05, 4.69) is 38.2 Å². The molecule has 0 aromatic carbocycles. The summed E-state index contributed by atoms with van der Waals surface area (Å²) in [5.74, 6) is -0.386. The van der Waals surface area contributed by atoms with Crippen molar-refractivity contribution in [1.29, 1.82) is 0 Å². The second-order valence-corrected chi connectivity index (χ2v) is 20.1. The van der Waals surface area contributed by atoms with Crippen LogP contribution in [0.1, 0.15) is 226 Å². The Labute approximate surface area is 424 Å². The molecule has 11 unspecified atom stereocenters. The zero-order valence-corrected chi connectivity index (χ0v) is 44.0. The Bertz CT molecular complexity index is 1250. The van der Waals surface area contributed by atoms with Crippen LogP contribution in [0.25, 0.3) is 0 Å². The van der Waals surface area contributed by atoms with Crippen molar-refractivity contribution >= 4 is 5.97 Å². The number of carbonyl (C=O) groups excluding carboxylic acids is 1. The summed E-state index contributed by atoms with van der Waals surface area (Å²) >= 11 is 0. The van der Waals surface area contributed by atoms with Crippen LogP contribution in [0.5, 0.6) is 0 Å². The molecule has 2 heterocycles. The van der Waals surface area contributed by atoms with Gasteiger partial charge in [0.25, 0.3) is 0 Å². The highest BCUT2D eigenvalue weighted by Crippen LogP contribution is 2.27. The third-order valence-electron chi connectivity index (χ3n) is 13.7. The highest BCUT2D eigenvalue weighted by Gasteiger charge is 2.47. The van der Waals surface area contributed by atoms with E-state index in [1.807, 2.05) is 0 Å². The minimum Gasteiger partial charge on any atom is -0.457 e. The van der Waals surface area contributed by atoms with Crippen LogP contribution in [0.2, 0.25) is 0 Å². The van der Waals surface area contributed by atoms with E-state index < -0.39 is 80.7 Å². The number of carbonyl (C=O) groups is 1. The van der Waals surface area contributed by atoms with Crippen molar-refractivity contribution in [3.63, 3.8) is 0 Å². The molecule has 14 heteroatoms. The van der Waals surface area contributed by atoms with Crippen LogP contribution >= 0.6 is 0 Å². The Hall–Kier alpha value is -1.53. The van der Waals surface area contributed by atoms with Gasteiger partial charge in [0, 0.05) is 13.0 Å². The number of ether oxygens (including phenoxy) is 6. The summed E-state index contributed by atoms with van der Waals surface area (Å²) in [6.45, 7) is 3.68. The van der Waals surface area contributed by atoms with Gasteiger partial charge in [0.2, 0.25) is 0 Å². The first-order chi connectivity index (χ1) is 34.1. The number of aliphatic hydroxyl groups excluding tert-OH is 7. The average molecular weight is 1000 g/mol. The van der Waals surface area contributed by atoms with Crippen molar-refractivity contribution in [2.24, 2.45) is 0 Å². The molecule has 11 atom stereocenters. The second kappa shape index (κ2) is 43.8. The molecule has 0 saturated carbocycles. The molecule has 2 aliphatic rings. The van der Waals surface area contributed by atoms with Gasteiger partial charge in [-0.2, -0.15) is 0 Å². The molecule has 0 aromatic heterocycles. The molecule has 0 radical (unpaired) electrons. The Balaban J connectivity index is 1.71. The van der Waals surface area contributed by atoms with Crippen LogP contribution in [0.3, 0.4) is 0 Å². The maximum absolute atomic E-state index is 13.0. The van der Waals surface area contributed by atoms with Gasteiger partial charge in [-0.3, -0.25) is 4.79 Å². The van der Waals surface area contributed by atoms with Gasteiger partial charge in [0.15, 0.2) is 12.6 Å². The zero-order chi connectivity index (χ0) is 50.9. The normalized spacial score (nSPS) is 25.6. The van der Waals surface area contributed by atoms with E-state index in [0.29, 0.717) is 13.0 Å². The number of rotatable bonds is 46. The van der Waals surface area contributed by atoms with Gasteiger partial charge in [0.1, 0.15) is 54.9 Å². The first-order valence-corrected chi connectivity index (χ1v) is 28.4. The Morgan fingerprint density at radius 3 is 1.40 bits per heavy atom. The number of unbranched alkanes of at least 4 members (excludes halogenated alkanes) is 28. The lowest BCUT2D eigenvalue weighted by Gasteiger charge is -2.42. The number of hydrogen-bond acceptors (Lipinski definition) is 14. The quantitative estimate of drug-likeness (QED) is 0.0172. The van der Waals surface area contributed by atoms with Gasteiger partial charge in [-0.1, -0.05) is 199 Å². The molecule has 2 saturated heterocycles. The number of hydrogen-bond donors (Lipinski definition) is 7. The average Bonchev–Trinajstić information content (AvgIpc) is 3.36. The largest absolute Gasteiger partial charge is 0.457 e. The standard InChI is InChI=1S/C56H104O14/c1-3-5-7-9-11-13-15-17-19-20-21-22-23-24-26-28-30-32-34-36-38-40-65-42-45(68-48(58)39-37-35-33-31-29-27-25-18-16-14-12-10-8-6-4-2)43-66-55-54(64)52(62)50(60)47(70-55)44-67-56-53(63)51(61)49(59)46(41-57)69-56/h12,14,18,25,45-47,49-57,59-64H,3-11,13,15-17,19-24,26-44H2,1-2H3/b14-12-,25-18-. The molecule has 70 heavy (non-hydrogen) atoms. The highest BCUT2D eigenvalue weighted by molar-refractivity contribution is 5.69. The van der Waals surface area contributed by atoms with Crippen LogP contribution in [-0.4, -0.2) is 142 Å². The maximum atomic E-state index is 13.0. The van der Waals surface area contributed by atoms with Gasteiger partial charge in [-0.15, -0.1) is 0 Å². The molecule has 0 amide bonds. The van der Waals surface area contributed by atoms with Gasteiger partial charge < -0.3 is 64.2 Å². The van der Waals surface area contributed by atoms with E-state index in [1.54, 1.807) is 0 Å². The molecular weight excluding hydrogens is 897 g/mol. The summed E-state index contributed by atoms with van der Waals surface area (Å²) in [5.41, 5.74) is 0. The Kier molecular flexibility index (Phi) is 40.4. The monoisotopic (exact) mass is 1000 g/mol. The van der Waals surface area contributed by atoms with Crippen molar-refractivity contribution in [3.8, 4) is 0 Å². The molecule has 7 N–H and O–H groups in total. The van der Waals surface area contributed by atoms with E-state index >= 15 is 0 Å². The molecular formula is C56H104O14. The van der Waals surface area contributed by atoms with Crippen molar-refractivity contribution < 1.29 is 69.0 Å².